The predicted molar refractivity (Wildman–Crippen MR) is 109 cm³/mol. The van der Waals surface area contributed by atoms with Crippen LogP contribution in [0.25, 0.3) is 22.0 Å². The molecule has 1 aromatic heterocycles. The summed E-state index contributed by atoms with van der Waals surface area (Å²) in [7, 11) is 0. The van der Waals surface area contributed by atoms with E-state index in [4.69, 9.17) is 0 Å². The molecule has 1 heterocycles. The molecule has 0 saturated heterocycles. The Morgan fingerprint density at radius 2 is 1.53 bits per heavy atom. The number of nitrogens with one attached hydrogen (secondary N) is 3. The number of anilines is 2. The van der Waals surface area contributed by atoms with E-state index in [-0.39, 0.29) is 11.4 Å². The van der Waals surface area contributed by atoms with Gasteiger partial charge in [0.15, 0.2) is 0 Å². The first kappa shape index (κ1) is 19.4. The van der Waals surface area contributed by atoms with E-state index in [0.717, 1.165) is 34.2 Å². The molecule has 5 nitrogen and oxygen atoms in total. The second kappa shape index (κ2) is 7.47. The number of aromatic hydroxyl groups is 1. The average molecular weight is 411 g/mol. The number of carbonyl (C=O) groups excluding carboxylic acids is 1. The number of fused-ring (bicyclic) bond motifs is 1. The van der Waals surface area contributed by atoms with Crippen LogP contribution in [-0.4, -0.2) is 16.1 Å². The number of alkyl halides is 3. The Morgan fingerprint density at radius 1 is 0.867 bits per heavy atom. The molecule has 0 fully saturated rings. The van der Waals surface area contributed by atoms with Crippen molar-refractivity contribution in [1.82, 2.24) is 4.98 Å². The van der Waals surface area contributed by atoms with Crippen LogP contribution in [0, 0.1) is 0 Å². The molecule has 0 spiro atoms. The molecule has 4 N–H and O–H groups in total. The van der Waals surface area contributed by atoms with Gasteiger partial charge >= 0.3 is 12.2 Å². The Kier molecular flexibility index (Phi) is 4.83. The fourth-order valence-corrected chi connectivity index (χ4v) is 3.08. The van der Waals surface area contributed by atoms with E-state index in [2.05, 4.69) is 15.6 Å². The number of urea groups is 1. The lowest BCUT2D eigenvalue weighted by Gasteiger charge is -2.10. The van der Waals surface area contributed by atoms with E-state index in [0.29, 0.717) is 5.69 Å². The topological polar surface area (TPSA) is 77.2 Å². The number of phenols is 1. The minimum Gasteiger partial charge on any atom is -0.508 e. The first-order chi connectivity index (χ1) is 14.3. The zero-order valence-electron chi connectivity index (χ0n) is 15.4. The van der Waals surface area contributed by atoms with Gasteiger partial charge in [-0.05, 0) is 59.7 Å². The molecule has 0 saturated carbocycles. The van der Waals surface area contributed by atoms with Crippen LogP contribution in [0.2, 0.25) is 0 Å². The molecular formula is C22H16F3N3O2. The molecule has 2 amide bonds. The van der Waals surface area contributed by atoms with Crippen molar-refractivity contribution in [3.8, 4) is 16.9 Å². The number of carbonyl (C=O) groups is 1. The van der Waals surface area contributed by atoms with Crippen molar-refractivity contribution >= 4 is 28.3 Å². The highest BCUT2D eigenvalue weighted by Crippen LogP contribution is 2.31. The number of hydrogen-bond donors (Lipinski definition) is 4. The van der Waals surface area contributed by atoms with Gasteiger partial charge in [-0.3, -0.25) is 0 Å². The summed E-state index contributed by atoms with van der Waals surface area (Å²) in [5.41, 5.74) is 2.58. The number of rotatable bonds is 3. The molecule has 152 valence electrons. The van der Waals surface area contributed by atoms with Crippen LogP contribution in [0.5, 0.6) is 5.75 Å². The van der Waals surface area contributed by atoms with Gasteiger partial charge in [0, 0.05) is 22.8 Å². The maximum atomic E-state index is 12.6. The van der Waals surface area contributed by atoms with Crippen LogP contribution < -0.4 is 10.6 Å². The lowest BCUT2D eigenvalue weighted by atomic mass is 10.0. The van der Waals surface area contributed by atoms with E-state index in [9.17, 15) is 23.1 Å². The van der Waals surface area contributed by atoms with Gasteiger partial charge in [-0.15, -0.1) is 0 Å². The van der Waals surface area contributed by atoms with Gasteiger partial charge in [0.1, 0.15) is 5.75 Å². The Balaban J connectivity index is 1.52. The molecule has 0 atom stereocenters. The van der Waals surface area contributed by atoms with Gasteiger partial charge in [-0.25, -0.2) is 4.79 Å². The zero-order valence-corrected chi connectivity index (χ0v) is 15.4. The van der Waals surface area contributed by atoms with Crippen LogP contribution in [0.4, 0.5) is 29.3 Å². The predicted octanol–water partition coefficient (Wildman–Crippen LogP) is 6.20. The Morgan fingerprint density at radius 3 is 2.20 bits per heavy atom. The summed E-state index contributed by atoms with van der Waals surface area (Å²) in [6.45, 7) is 0. The van der Waals surface area contributed by atoms with Crippen molar-refractivity contribution in [3.63, 3.8) is 0 Å². The van der Waals surface area contributed by atoms with Crippen molar-refractivity contribution in [2.45, 2.75) is 6.18 Å². The maximum Gasteiger partial charge on any atom is 0.416 e. The highest BCUT2D eigenvalue weighted by atomic mass is 19.4. The van der Waals surface area contributed by atoms with Gasteiger partial charge in [0.05, 0.1) is 11.3 Å². The van der Waals surface area contributed by atoms with E-state index in [1.165, 1.54) is 12.1 Å². The Hall–Kier alpha value is -3.94. The molecule has 0 unspecified atom stereocenters. The van der Waals surface area contributed by atoms with Gasteiger partial charge in [-0.1, -0.05) is 18.2 Å². The second-order valence-corrected chi connectivity index (χ2v) is 6.66. The van der Waals surface area contributed by atoms with Crippen molar-refractivity contribution < 1.29 is 23.1 Å². The van der Waals surface area contributed by atoms with E-state index >= 15 is 0 Å². The number of benzene rings is 3. The summed E-state index contributed by atoms with van der Waals surface area (Å²) in [6.07, 6.45) is -2.79. The molecule has 0 aliphatic rings. The average Bonchev–Trinajstić information content (AvgIpc) is 3.10. The molecule has 0 bridgehead atoms. The van der Waals surface area contributed by atoms with Crippen LogP contribution in [-0.2, 0) is 6.18 Å². The normalized spacial score (nSPS) is 11.4. The summed E-state index contributed by atoms with van der Waals surface area (Å²) < 4.78 is 37.9. The van der Waals surface area contributed by atoms with E-state index in [1.54, 1.807) is 30.5 Å². The number of aromatic nitrogens is 1. The van der Waals surface area contributed by atoms with Crippen molar-refractivity contribution in [3.05, 3.63) is 78.5 Å². The number of H-pyrrole nitrogens is 1. The zero-order chi connectivity index (χ0) is 21.3. The lowest BCUT2D eigenvalue weighted by molar-refractivity contribution is -0.137. The summed E-state index contributed by atoms with van der Waals surface area (Å²) in [4.78, 5) is 15.4. The Labute approximate surface area is 169 Å². The third-order valence-corrected chi connectivity index (χ3v) is 4.60. The standard InChI is InChI=1S/C22H16F3N3O2/c23-22(24,25)15-4-6-16(7-5-15)27-21(30)28-20-12-26-19-10-3-14(11-18(19)20)13-1-8-17(29)9-2-13/h1-12,26,29H,(H2,27,28,30). The van der Waals surface area contributed by atoms with Crippen molar-refractivity contribution in [1.29, 1.82) is 0 Å². The van der Waals surface area contributed by atoms with Gasteiger partial charge in [0.25, 0.3) is 0 Å². The molecular weight excluding hydrogens is 395 g/mol. The summed E-state index contributed by atoms with van der Waals surface area (Å²) >= 11 is 0. The molecule has 0 aliphatic carbocycles. The van der Waals surface area contributed by atoms with E-state index in [1.807, 2.05) is 18.2 Å². The number of amides is 2. The third-order valence-electron chi connectivity index (χ3n) is 4.60. The largest absolute Gasteiger partial charge is 0.508 e. The quantitative estimate of drug-likeness (QED) is 0.324. The van der Waals surface area contributed by atoms with Crippen LogP contribution >= 0.6 is 0 Å². The molecule has 8 heteroatoms. The lowest BCUT2D eigenvalue weighted by Crippen LogP contribution is -2.19. The van der Waals surface area contributed by atoms with Gasteiger partial charge in [0.2, 0.25) is 0 Å². The second-order valence-electron chi connectivity index (χ2n) is 6.66. The number of phenolic OH excluding ortho intramolecular Hbond substituents is 1. The number of hydrogen-bond acceptors (Lipinski definition) is 2. The fraction of sp³-hybridized carbons (Fsp3) is 0.0455. The monoisotopic (exact) mass is 411 g/mol. The van der Waals surface area contributed by atoms with Crippen molar-refractivity contribution in [2.75, 3.05) is 10.6 Å². The Bertz CT molecular complexity index is 1200. The van der Waals surface area contributed by atoms with Gasteiger partial charge in [-0.2, -0.15) is 13.2 Å². The van der Waals surface area contributed by atoms with Crippen LogP contribution in [0.1, 0.15) is 5.56 Å². The highest BCUT2D eigenvalue weighted by Gasteiger charge is 2.30. The molecule has 4 rings (SSSR count). The maximum absolute atomic E-state index is 12.6. The molecule has 4 aromatic rings. The molecule has 30 heavy (non-hydrogen) atoms. The molecule has 0 radical (unpaired) electrons. The summed E-state index contributed by atoms with van der Waals surface area (Å²) in [5, 5.41) is 15.4. The minimum absolute atomic E-state index is 0.170. The molecule has 0 aliphatic heterocycles. The van der Waals surface area contributed by atoms with Crippen LogP contribution in [0.15, 0.2) is 72.9 Å². The fourth-order valence-electron chi connectivity index (χ4n) is 3.08. The third kappa shape index (κ3) is 4.07. The first-order valence-corrected chi connectivity index (χ1v) is 8.95. The van der Waals surface area contributed by atoms with Crippen LogP contribution in [0.3, 0.4) is 0 Å². The summed E-state index contributed by atoms with van der Waals surface area (Å²) in [6, 6.07) is 16.1. The summed E-state index contributed by atoms with van der Waals surface area (Å²) in [5.74, 6) is 0.170. The smallest absolute Gasteiger partial charge is 0.416 e. The number of aromatic amines is 1. The van der Waals surface area contributed by atoms with E-state index < -0.39 is 17.8 Å². The van der Waals surface area contributed by atoms with Crippen molar-refractivity contribution in [2.24, 2.45) is 0 Å². The number of halogens is 3. The minimum atomic E-state index is -4.43. The highest BCUT2D eigenvalue weighted by molar-refractivity contribution is 6.06. The first-order valence-electron chi connectivity index (χ1n) is 8.95. The van der Waals surface area contributed by atoms with Gasteiger partial charge < -0.3 is 20.7 Å². The molecule has 3 aromatic carbocycles. The SMILES string of the molecule is O=C(Nc1ccc(C(F)(F)F)cc1)Nc1c[nH]c2ccc(-c3ccc(O)cc3)cc12.